The SMILES string of the molecule is CN(C)CCCN(C)C(C(=O)O)c1ccccc1. The van der Waals surface area contributed by atoms with E-state index in [1.807, 2.05) is 56.4 Å². The van der Waals surface area contributed by atoms with Crippen LogP contribution in [-0.2, 0) is 4.79 Å². The van der Waals surface area contributed by atoms with Gasteiger partial charge >= 0.3 is 5.97 Å². The summed E-state index contributed by atoms with van der Waals surface area (Å²) >= 11 is 0. The monoisotopic (exact) mass is 250 g/mol. The summed E-state index contributed by atoms with van der Waals surface area (Å²) in [5, 5.41) is 9.35. The molecule has 0 fully saturated rings. The van der Waals surface area contributed by atoms with Crippen molar-refractivity contribution in [1.82, 2.24) is 9.80 Å². The number of rotatable bonds is 7. The fourth-order valence-corrected chi connectivity index (χ4v) is 1.99. The van der Waals surface area contributed by atoms with Crippen LogP contribution in [0.1, 0.15) is 18.0 Å². The molecule has 0 bridgehead atoms. The van der Waals surface area contributed by atoms with Gasteiger partial charge < -0.3 is 10.0 Å². The lowest BCUT2D eigenvalue weighted by molar-refractivity contribution is -0.143. The predicted molar refractivity (Wildman–Crippen MR) is 72.6 cm³/mol. The number of carboxylic acids is 1. The smallest absolute Gasteiger partial charge is 0.325 e. The van der Waals surface area contributed by atoms with Crippen molar-refractivity contribution in [3.05, 3.63) is 35.9 Å². The van der Waals surface area contributed by atoms with E-state index in [0.29, 0.717) is 0 Å². The summed E-state index contributed by atoms with van der Waals surface area (Å²) in [6, 6.07) is 8.81. The summed E-state index contributed by atoms with van der Waals surface area (Å²) in [6.45, 7) is 1.73. The molecule has 0 amide bonds. The van der Waals surface area contributed by atoms with Gasteiger partial charge in [0.1, 0.15) is 6.04 Å². The van der Waals surface area contributed by atoms with Gasteiger partial charge in [0.05, 0.1) is 0 Å². The van der Waals surface area contributed by atoms with Gasteiger partial charge in [-0.3, -0.25) is 9.69 Å². The Hall–Kier alpha value is -1.39. The van der Waals surface area contributed by atoms with Crippen LogP contribution in [0.4, 0.5) is 0 Å². The van der Waals surface area contributed by atoms with Gasteiger partial charge in [0.15, 0.2) is 0 Å². The number of nitrogens with zero attached hydrogens (tertiary/aromatic N) is 2. The third kappa shape index (κ3) is 4.47. The molecule has 1 aromatic carbocycles. The molecule has 1 atom stereocenters. The highest BCUT2D eigenvalue weighted by Gasteiger charge is 2.23. The molecular formula is C14H22N2O2. The van der Waals surface area contributed by atoms with Crippen molar-refractivity contribution in [3.8, 4) is 0 Å². The van der Waals surface area contributed by atoms with Crippen molar-refractivity contribution in [2.75, 3.05) is 34.2 Å². The van der Waals surface area contributed by atoms with Crippen LogP contribution in [0, 0.1) is 0 Å². The zero-order chi connectivity index (χ0) is 13.5. The first-order valence-electron chi connectivity index (χ1n) is 6.15. The Bertz CT molecular complexity index is 365. The first kappa shape index (κ1) is 14.7. The Morgan fingerprint density at radius 2 is 1.78 bits per heavy atom. The van der Waals surface area contributed by atoms with Gasteiger partial charge in [-0.05, 0) is 39.7 Å². The third-order valence-corrected chi connectivity index (χ3v) is 2.91. The van der Waals surface area contributed by atoms with Gasteiger partial charge in [-0.15, -0.1) is 0 Å². The molecule has 1 aromatic rings. The molecule has 4 heteroatoms. The highest BCUT2D eigenvalue weighted by Crippen LogP contribution is 2.19. The molecule has 18 heavy (non-hydrogen) atoms. The Balaban J connectivity index is 2.65. The molecule has 4 nitrogen and oxygen atoms in total. The van der Waals surface area contributed by atoms with Crippen LogP contribution in [0.3, 0.4) is 0 Å². The van der Waals surface area contributed by atoms with E-state index in [1.165, 1.54) is 0 Å². The van der Waals surface area contributed by atoms with Gasteiger partial charge in [-0.1, -0.05) is 30.3 Å². The summed E-state index contributed by atoms with van der Waals surface area (Å²) in [6.07, 6.45) is 0.958. The average molecular weight is 250 g/mol. The van der Waals surface area contributed by atoms with Crippen molar-refractivity contribution < 1.29 is 9.90 Å². The number of aliphatic carboxylic acids is 1. The van der Waals surface area contributed by atoms with Crippen LogP contribution < -0.4 is 0 Å². The lowest BCUT2D eigenvalue weighted by Crippen LogP contribution is -2.32. The van der Waals surface area contributed by atoms with Gasteiger partial charge in [-0.25, -0.2) is 0 Å². The van der Waals surface area contributed by atoms with E-state index in [0.717, 1.165) is 25.1 Å². The molecule has 0 aliphatic rings. The third-order valence-electron chi connectivity index (χ3n) is 2.91. The number of carboxylic acid groups (broad SMARTS) is 1. The van der Waals surface area contributed by atoms with Crippen LogP contribution in [0.2, 0.25) is 0 Å². The maximum atomic E-state index is 11.4. The van der Waals surface area contributed by atoms with E-state index in [-0.39, 0.29) is 0 Å². The second-order valence-corrected chi connectivity index (χ2v) is 4.79. The van der Waals surface area contributed by atoms with E-state index < -0.39 is 12.0 Å². The van der Waals surface area contributed by atoms with Gasteiger partial charge in [-0.2, -0.15) is 0 Å². The average Bonchev–Trinajstić information content (AvgIpc) is 2.29. The zero-order valence-corrected chi connectivity index (χ0v) is 11.3. The van der Waals surface area contributed by atoms with Gasteiger partial charge in [0.2, 0.25) is 0 Å². The minimum Gasteiger partial charge on any atom is -0.480 e. The highest BCUT2D eigenvalue weighted by atomic mass is 16.4. The van der Waals surface area contributed by atoms with E-state index in [1.54, 1.807) is 0 Å². The minimum atomic E-state index is -0.798. The first-order chi connectivity index (χ1) is 8.52. The molecule has 100 valence electrons. The van der Waals surface area contributed by atoms with Crippen molar-refractivity contribution >= 4 is 5.97 Å². The number of likely N-dealkylation sites (N-methyl/N-ethyl adjacent to an activating group) is 1. The van der Waals surface area contributed by atoms with Gasteiger partial charge in [0.25, 0.3) is 0 Å². The predicted octanol–water partition coefficient (Wildman–Crippen LogP) is 1.70. The van der Waals surface area contributed by atoms with Crippen LogP contribution in [0.15, 0.2) is 30.3 Å². The number of carbonyl (C=O) groups is 1. The topological polar surface area (TPSA) is 43.8 Å². The van der Waals surface area contributed by atoms with Crippen molar-refractivity contribution in [1.29, 1.82) is 0 Å². The van der Waals surface area contributed by atoms with Crippen LogP contribution in [0.5, 0.6) is 0 Å². The van der Waals surface area contributed by atoms with Crippen molar-refractivity contribution in [3.63, 3.8) is 0 Å². The summed E-state index contributed by atoms with van der Waals surface area (Å²) in [5.74, 6) is -0.798. The normalized spacial score (nSPS) is 12.9. The Kier molecular flexibility index (Phi) is 5.82. The molecule has 0 saturated carbocycles. The van der Waals surface area contributed by atoms with Crippen LogP contribution >= 0.6 is 0 Å². The highest BCUT2D eigenvalue weighted by molar-refractivity contribution is 5.75. The van der Waals surface area contributed by atoms with Crippen LogP contribution in [0.25, 0.3) is 0 Å². The van der Waals surface area contributed by atoms with E-state index in [4.69, 9.17) is 0 Å². The van der Waals surface area contributed by atoms with E-state index >= 15 is 0 Å². The Morgan fingerprint density at radius 3 is 2.28 bits per heavy atom. The molecule has 0 spiro atoms. The molecule has 0 saturated heterocycles. The quantitative estimate of drug-likeness (QED) is 0.800. The van der Waals surface area contributed by atoms with Crippen LogP contribution in [-0.4, -0.2) is 55.1 Å². The van der Waals surface area contributed by atoms with Crippen molar-refractivity contribution in [2.24, 2.45) is 0 Å². The standard InChI is InChI=1S/C14H22N2O2/c1-15(2)10-7-11-16(3)13(14(17)18)12-8-5-4-6-9-12/h4-6,8-9,13H,7,10-11H2,1-3H3,(H,17,18). The molecule has 0 aromatic heterocycles. The summed E-state index contributed by atoms with van der Waals surface area (Å²) < 4.78 is 0. The van der Waals surface area contributed by atoms with E-state index in [9.17, 15) is 9.90 Å². The molecule has 0 radical (unpaired) electrons. The number of benzene rings is 1. The second kappa shape index (κ2) is 7.13. The molecule has 1 N–H and O–H groups in total. The lowest BCUT2D eigenvalue weighted by Gasteiger charge is -2.25. The van der Waals surface area contributed by atoms with Crippen molar-refractivity contribution in [2.45, 2.75) is 12.5 Å². The maximum absolute atomic E-state index is 11.4. The molecule has 1 rings (SSSR count). The molecule has 0 aliphatic heterocycles. The summed E-state index contributed by atoms with van der Waals surface area (Å²) in [5.41, 5.74) is 0.831. The lowest BCUT2D eigenvalue weighted by atomic mass is 10.1. The van der Waals surface area contributed by atoms with Gasteiger partial charge in [0, 0.05) is 6.54 Å². The number of hydrogen-bond donors (Lipinski definition) is 1. The fraction of sp³-hybridized carbons (Fsp3) is 0.500. The number of hydrogen-bond acceptors (Lipinski definition) is 3. The minimum absolute atomic E-state index is 0.562. The zero-order valence-electron chi connectivity index (χ0n) is 11.3. The largest absolute Gasteiger partial charge is 0.480 e. The maximum Gasteiger partial charge on any atom is 0.325 e. The second-order valence-electron chi connectivity index (χ2n) is 4.79. The molecule has 0 aliphatic carbocycles. The molecular weight excluding hydrogens is 228 g/mol. The molecule has 0 heterocycles. The Labute approximate surface area is 109 Å². The summed E-state index contributed by atoms with van der Waals surface area (Å²) in [4.78, 5) is 15.4. The molecule has 1 unspecified atom stereocenters. The Morgan fingerprint density at radius 1 is 1.17 bits per heavy atom. The summed E-state index contributed by atoms with van der Waals surface area (Å²) in [7, 11) is 5.90. The fourth-order valence-electron chi connectivity index (χ4n) is 1.99. The van der Waals surface area contributed by atoms with E-state index in [2.05, 4.69) is 4.90 Å². The first-order valence-corrected chi connectivity index (χ1v) is 6.15.